The maximum Gasteiger partial charge on any atom is 0.234 e. The van der Waals surface area contributed by atoms with Crippen molar-refractivity contribution < 1.29 is 4.79 Å². The van der Waals surface area contributed by atoms with Crippen LogP contribution < -0.4 is 10.2 Å². The molecule has 1 saturated carbocycles. The molecule has 0 radical (unpaired) electrons. The van der Waals surface area contributed by atoms with Gasteiger partial charge in [-0.1, -0.05) is 66.9 Å². The molecule has 5 nitrogen and oxygen atoms in total. The molecule has 2 heterocycles. The van der Waals surface area contributed by atoms with Crippen LogP contribution in [0.25, 0.3) is 11.3 Å². The van der Waals surface area contributed by atoms with E-state index in [-0.39, 0.29) is 5.91 Å². The fraction of sp³-hybridized carbons (Fsp3) is 0.407. The van der Waals surface area contributed by atoms with Crippen LogP contribution in [-0.2, 0) is 4.79 Å². The van der Waals surface area contributed by atoms with E-state index in [2.05, 4.69) is 32.2 Å². The Morgan fingerprint density at radius 2 is 1.77 bits per heavy atom. The number of carbonyl (C=O) groups is 1. The zero-order valence-electron chi connectivity index (χ0n) is 19.8. The van der Waals surface area contributed by atoms with Crippen LogP contribution in [0.15, 0.2) is 58.3 Å². The van der Waals surface area contributed by atoms with Gasteiger partial charge in [0.15, 0.2) is 4.34 Å². The summed E-state index contributed by atoms with van der Waals surface area (Å²) in [6.07, 6.45) is 6.85. The fourth-order valence-electron chi connectivity index (χ4n) is 5.02. The number of para-hydroxylation sites is 2. The summed E-state index contributed by atoms with van der Waals surface area (Å²) in [6.45, 7) is 4.21. The van der Waals surface area contributed by atoms with Crippen LogP contribution in [0.1, 0.15) is 32.1 Å². The number of amides is 1. The van der Waals surface area contributed by atoms with Crippen LogP contribution in [0, 0.1) is 0 Å². The number of anilines is 2. The quantitative estimate of drug-likeness (QED) is 0.349. The van der Waals surface area contributed by atoms with Crippen molar-refractivity contribution in [3.63, 3.8) is 0 Å². The monoisotopic (exact) mass is 526 g/mol. The van der Waals surface area contributed by atoms with Crippen molar-refractivity contribution >= 4 is 52.0 Å². The number of halogens is 1. The third kappa shape index (κ3) is 6.39. The number of carbonyl (C=O) groups excluding carboxylic acids is 1. The summed E-state index contributed by atoms with van der Waals surface area (Å²) in [5, 5.41) is 5.87. The lowest BCUT2D eigenvalue weighted by molar-refractivity contribution is -0.113. The predicted octanol–water partition coefficient (Wildman–Crippen LogP) is 6.65. The highest BCUT2D eigenvalue weighted by Crippen LogP contribution is 2.31. The predicted molar refractivity (Wildman–Crippen MR) is 149 cm³/mol. The van der Waals surface area contributed by atoms with E-state index in [1.54, 1.807) is 11.3 Å². The summed E-state index contributed by atoms with van der Waals surface area (Å²) in [5.74, 6) is 0.323. The third-order valence-corrected chi connectivity index (χ3v) is 9.15. The first kappa shape index (κ1) is 24.6. The first-order valence-corrected chi connectivity index (χ1v) is 14.6. The van der Waals surface area contributed by atoms with Gasteiger partial charge in [-0.15, -0.1) is 11.3 Å². The van der Waals surface area contributed by atoms with E-state index < -0.39 is 0 Å². The van der Waals surface area contributed by atoms with Crippen molar-refractivity contribution in [2.24, 2.45) is 0 Å². The highest BCUT2D eigenvalue weighted by atomic mass is 35.5. The van der Waals surface area contributed by atoms with Gasteiger partial charge in [0.1, 0.15) is 0 Å². The second kappa shape index (κ2) is 11.8. The smallest absolute Gasteiger partial charge is 0.234 e. The van der Waals surface area contributed by atoms with Crippen molar-refractivity contribution in [2.75, 3.05) is 42.1 Å². The number of nitrogens with one attached hydrogen (secondary N) is 1. The van der Waals surface area contributed by atoms with Crippen molar-refractivity contribution in [3.8, 4) is 11.3 Å². The molecule has 0 spiro atoms. The van der Waals surface area contributed by atoms with E-state index in [0.29, 0.717) is 10.8 Å². The van der Waals surface area contributed by atoms with Gasteiger partial charge in [0.05, 0.1) is 22.8 Å². The van der Waals surface area contributed by atoms with E-state index in [4.69, 9.17) is 11.6 Å². The van der Waals surface area contributed by atoms with Gasteiger partial charge in [-0.2, -0.15) is 0 Å². The third-order valence-electron chi connectivity index (χ3n) is 6.87. The average molecular weight is 527 g/mol. The molecule has 0 bridgehead atoms. The zero-order valence-corrected chi connectivity index (χ0v) is 22.2. The summed E-state index contributed by atoms with van der Waals surface area (Å²) in [6, 6.07) is 16.6. The molecule has 8 heteroatoms. The summed E-state index contributed by atoms with van der Waals surface area (Å²) in [5.41, 5.74) is 3.95. The Kier molecular flexibility index (Phi) is 8.29. The average Bonchev–Trinajstić information content (AvgIpc) is 3.38. The van der Waals surface area contributed by atoms with Crippen LogP contribution in [0.2, 0.25) is 5.02 Å². The van der Waals surface area contributed by atoms with Gasteiger partial charge in [0.25, 0.3) is 0 Å². The Morgan fingerprint density at radius 3 is 2.54 bits per heavy atom. The Labute approximate surface area is 220 Å². The van der Waals surface area contributed by atoms with Gasteiger partial charge in [-0.25, -0.2) is 4.98 Å². The van der Waals surface area contributed by atoms with E-state index in [1.807, 2.05) is 41.8 Å². The number of hydrogen-bond donors (Lipinski definition) is 1. The fourth-order valence-corrected chi connectivity index (χ4v) is 6.78. The first-order chi connectivity index (χ1) is 17.2. The molecule has 0 unspecified atom stereocenters. The molecule has 1 aliphatic carbocycles. The second-order valence-corrected chi connectivity index (χ2v) is 11.7. The first-order valence-electron chi connectivity index (χ1n) is 12.4. The summed E-state index contributed by atoms with van der Waals surface area (Å²) in [4.78, 5) is 22.6. The van der Waals surface area contributed by atoms with E-state index in [1.165, 1.54) is 43.9 Å². The Bertz CT molecular complexity index is 1120. The van der Waals surface area contributed by atoms with Gasteiger partial charge in [0, 0.05) is 48.2 Å². The number of hydrogen-bond acceptors (Lipinski definition) is 6. The number of aromatic nitrogens is 1. The molecular weight excluding hydrogens is 496 g/mol. The topological polar surface area (TPSA) is 48.5 Å². The van der Waals surface area contributed by atoms with E-state index >= 15 is 0 Å². The number of thioether (sulfide) groups is 1. The number of piperazine rings is 1. The molecule has 184 valence electrons. The highest BCUT2D eigenvalue weighted by Gasteiger charge is 2.26. The van der Waals surface area contributed by atoms with Crippen LogP contribution in [-0.4, -0.2) is 53.8 Å². The van der Waals surface area contributed by atoms with Crippen LogP contribution in [0.4, 0.5) is 11.4 Å². The van der Waals surface area contributed by atoms with E-state index in [9.17, 15) is 4.79 Å². The molecule has 2 aliphatic rings. The van der Waals surface area contributed by atoms with E-state index in [0.717, 1.165) is 59.2 Å². The minimum absolute atomic E-state index is 0.00784. The molecule has 35 heavy (non-hydrogen) atoms. The van der Waals surface area contributed by atoms with Crippen LogP contribution >= 0.6 is 34.7 Å². The van der Waals surface area contributed by atoms with Gasteiger partial charge in [-0.3, -0.25) is 9.69 Å². The Hall–Kier alpha value is -2.06. The molecular formula is C27H31ClN4OS2. The summed E-state index contributed by atoms with van der Waals surface area (Å²) < 4.78 is 0.886. The Morgan fingerprint density at radius 1 is 1.03 bits per heavy atom. The molecule has 1 aliphatic heterocycles. The minimum Gasteiger partial charge on any atom is -0.367 e. The van der Waals surface area contributed by atoms with Crippen LogP contribution in [0.5, 0.6) is 0 Å². The van der Waals surface area contributed by atoms with Gasteiger partial charge < -0.3 is 10.2 Å². The SMILES string of the molecule is O=C(CSc1nc(-c2ccc(Cl)cc2)cs1)Nc1ccccc1N1CCN(C2CCCCC2)CC1. The van der Waals surface area contributed by atoms with Gasteiger partial charge in [-0.05, 0) is 37.1 Å². The largest absolute Gasteiger partial charge is 0.367 e. The number of rotatable bonds is 7. The summed E-state index contributed by atoms with van der Waals surface area (Å²) in [7, 11) is 0. The minimum atomic E-state index is -0.00784. The molecule has 5 rings (SSSR count). The van der Waals surface area contributed by atoms with Crippen molar-refractivity contribution in [1.29, 1.82) is 0 Å². The lowest BCUT2D eigenvalue weighted by Crippen LogP contribution is -2.51. The van der Waals surface area contributed by atoms with Gasteiger partial charge >= 0.3 is 0 Å². The van der Waals surface area contributed by atoms with Crippen LogP contribution in [0.3, 0.4) is 0 Å². The molecule has 1 N–H and O–H groups in total. The number of thiazole rings is 1. The lowest BCUT2D eigenvalue weighted by atomic mass is 9.94. The summed E-state index contributed by atoms with van der Waals surface area (Å²) >= 11 is 9.02. The molecule has 2 fully saturated rings. The van der Waals surface area contributed by atoms with Crippen molar-refractivity contribution in [2.45, 2.75) is 42.5 Å². The molecule has 0 atom stereocenters. The maximum absolute atomic E-state index is 12.8. The molecule has 1 aromatic heterocycles. The normalized spacial score (nSPS) is 17.5. The number of nitrogens with zero attached hydrogens (tertiary/aromatic N) is 3. The van der Waals surface area contributed by atoms with Gasteiger partial charge in [0.2, 0.25) is 5.91 Å². The number of benzene rings is 2. The second-order valence-electron chi connectivity index (χ2n) is 9.17. The molecule has 2 aromatic carbocycles. The maximum atomic E-state index is 12.8. The molecule has 1 saturated heterocycles. The molecule has 3 aromatic rings. The van der Waals surface area contributed by atoms with Crippen molar-refractivity contribution in [1.82, 2.24) is 9.88 Å². The van der Waals surface area contributed by atoms with Crippen molar-refractivity contribution in [3.05, 3.63) is 58.9 Å². The molecule has 1 amide bonds. The zero-order chi connectivity index (χ0) is 24.0. The lowest BCUT2D eigenvalue weighted by Gasteiger charge is -2.42. The standard InChI is InChI=1S/C27H31ClN4OS2/c28-21-12-10-20(11-13-21)24-18-34-27(30-24)35-19-26(33)29-23-8-4-5-9-25(23)32-16-14-31(15-17-32)22-6-2-1-3-7-22/h4-5,8-13,18,22H,1-3,6-7,14-17,19H2,(H,29,33). The highest BCUT2D eigenvalue weighted by molar-refractivity contribution is 8.01. The Balaban J connectivity index is 1.15.